The molecule has 7 aromatic carbocycles. The van der Waals surface area contributed by atoms with Crippen LogP contribution in [-0.4, -0.2) is 19.9 Å². The summed E-state index contributed by atoms with van der Waals surface area (Å²) >= 11 is 0. The Labute approximate surface area is 296 Å². The first-order valence-electron chi connectivity index (χ1n) is 17.2. The quantitative estimate of drug-likeness (QED) is 0.186. The van der Waals surface area contributed by atoms with Gasteiger partial charge in [0.15, 0.2) is 17.5 Å². The lowest BCUT2D eigenvalue weighted by molar-refractivity contribution is 0.668. The van der Waals surface area contributed by atoms with E-state index in [0.717, 1.165) is 93.4 Å². The molecule has 6 nitrogen and oxygen atoms in total. The van der Waals surface area contributed by atoms with Crippen molar-refractivity contribution in [3.63, 3.8) is 0 Å². The maximum absolute atomic E-state index is 6.49. The third-order valence-electron chi connectivity index (χ3n) is 9.97. The molecule has 4 heterocycles. The average molecular weight is 667 g/mol. The van der Waals surface area contributed by atoms with Crippen molar-refractivity contribution in [2.45, 2.75) is 0 Å². The van der Waals surface area contributed by atoms with Gasteiger partial charge >= 0.3 is 0 Å². The van der Waals surface area contributed by atoms with Crippen molar-refractivity contribution in [2.24, 2.45) is 0 Å². The van der Waals surface area contributed by atoms with Gasteiger partial charge in [0.2, 0.25) is 0 Å². The van der Waals surface area contributed by atoms with Crippen LogP contribution in [0.3, 0.4) is 0 Å². The molecule has 52 heavy (non-hydrogen) atoms. The van der Waals surface area contributed by atoms with Gasteiger partial charge in [0.1, 0.15) is 22.3 Å². The van der Waals surface area contributed by atoms with Gasteiger partial charge in [-0.2, -0.15) is 0 Å². The van der Waals surface area contributed by atoms with Crippen molar-refractivity contribution >= 4 is 65.4 Å². The summed E-state index contributed by atoms with van der Waals surface area (Å²) in [7, 11) is 0. The van der Waals surface area contributed by atoms with Crippen LogP contribution in [0.4, 0.5) is 0 Å². The number of para-hydroxylation sites is 1. The first-order chi connectivity index (χ1) is 25.8. The Balaban J connectivity index is 1.24. The van der Waals surface area contributed by atoms with Crippen molar-refractivity contribution < 1.29 is 8.83 Å². The molecule has 6 heteroatoms. The van der Waals surface area contributed by atoms with Gasteiger partial charge in [0.05, 0.1) is 11.1 Å². The minimum Gasteiger partial charge on any atom is -0.456 e. The number of fused-ring (bicyclic) bond motifs is 8. The van der Waals surface area contributed by atoms with Gasteiger partial charge in [-0.15, -0.1) is 0 Å². The van der Waals surface area contributed by atoms with Gasteiger partial charge in [0.25, 0.3) is 0 Å². The van der Waals surface area contributed by atoms with E-state index in [1.165, 1.54) is 0 Å². The number of rotatable bonds is 4. The largest absolute Gasteiger partial charge is 0.456 e. The summed E-state index contributed by atoms with van der Waals surface area (Å²) in [6.45, 7) is 0. The molecule has 0 saturated carbocycles. The predicted molar refractivity (Wildman–Crippen MR) is 209 cm³/mol. The molecule has 0 aliphatic heterocycles. The number of pyridine rings is 1. The van der Waals surface area contributed by atoms with Crippen molar-refractivity contribution in [3.05, 3.63) is 158 Å². The van der Waals surface area contributed by atoms with Crippen LogP contribution in [0.5, 0.6) is 0 Å². The van der Waals surface area contributed by atoms with E-state index in [1.54, 1.807) is 0 Å². The number of nitrogens with zero attached hydrogens (tertiary/aromatic N) is 4. The highest BCUT2D eigenvalue weighted by molar-refractivity contribution is 6.17. The molecule has 0 saturated heterocycles. The van der Waals surface area contributed by atoms with Crippen molar-refractivity contribution in [1.29, 1.82) is 0 Å². The Kier molecular flexibility index (Phi) is 6.15. The van der Waals surface area contributed by atoms with Crippen LogP contribution in [-0.2, 0) is 0 Å². The van der Waals surface area contributed by atoms with E-state index in [0.29, 0.717) is 17.5 Å². The second-order valence-electron chi connectivity index (χ2n) is 13.0. The topological polar surface area (TPSA) is 77.8 Å². The molecule has 11 rings (SSSR count). The zero-order valence-electron chi connectivity index (χ0n) is 27.6. The SMILES string of the molecule is c1ccc(-c2nc(-c3c(-c4nccc5oc6cc7ccccc7cc6c45)ccc4ccccc34)nc(-c3cccc4oc5ccccc5c34)n2)cc1. The number of hydrogen-bond donors (Lipinski definition) is 0. The lowest BCUT2D eigenvalue weighted by atomic mass is 9.93. The standard InChI is InChI=1S/C46H26N4O2/c1-2-12-28(13-3-1)44-48-45(34-18-10-20-37-40(34)32-17-8-9-19-36(32)51-37)50-46(49-44)41-31-16-7-6-11-27(31)21-22-33(41)43-42-35-25-29-14-4-5-15-30(29)26-39(35)52-38(42)23-24-47-43/h1-26H. The Morgan fingerprint density at radius 2 is 1.06 bits per heavy atom. The second-order valence-corrected chi connectivity index (χ2v) is 13.0. The zero-order chi connectivity index (χ0) is 34.2. The summed E-state index contributed by atoms with van der Waals surface area (Å²) < 4.78 is 12.8. The maximum Gasteiger partial charge on any atom is 0.165 e. The van der Waals surface area contributed by atoms with E-state index in [2.05, 4.69) is 78.9 Å². The van der Waals surface area contributed by atoms with Crippen LogP contribution >= 0.6 is 0 Å². The Hall–Kier alpha value is -7.18. The van der Waals surface area contributed by atoms with E-state index in [4.69, 9.17) is 28.8 Å². The highest BCUT2D eigenvalue weighted by Gasteiger charge is 2.23. The Morgan fingerprint density at radius 1 is 0.385 bits per heavy atom. The van der Waals surface area contributed by atoms with Gasteiger partial charge in [0, 0.05) is 44.6 Å². The van der Waals surface area contributed by atoms with Crippen molar-refractivity contribution in [1.82, 2.24) is 19.9 Å². The molecule has 0 fully saturated rings. The fourth-order valence-electron chi connectivity index (χ4n) is 7.61. The van der Waals surface area contributed by atoms with Crippen LogP contribution in [0.1, 0.15) is 0 Å². The Morgan fingerprint density at radius 3 is 1.94 bits per heavy atom. The number of furan rings is 2. The van der Waals surface area contributed by atoms with Crippen molar-refractivity contribution in [3.8, 4) is 45.4 Å². The molecular weight excluding hydrogens is 641 g/mol. The molecule has 0 radical (unpaired) electrons. The number of aromatic nitrogens is 4. The van der Waals surface area contributed by atoms with Crippen LogP contribution in [0.25, 0.3) is 111 Å². The molecule has 0 aliphatic rings. The van der Waals surface area contributed by atoms with Gasteiger partial charge in [-0.3, -0.25) is 4.98 Å². The normalized spacial score (nSPS) is 11.8. The van der Waals surface area contributed by atoms with Gasteiger partial charge in [-0.05, 0) is 51.9 Å². The van der Waals surface area contributed by atoms with E-state index in [1.807, 2.05) is 79.0 Å². The maximum atomic E-state index is 6.49. The third-order valence-corrected chi connectivity index (χ3v) is 9.97. The highest BCUT2D eigenvalue weighted by atomic mass is 16.3. The van der Waals surface area contributed by atoms with E-state index in [9.17, 15) is 0 Å². The summed E-state index contributed by atoms with van der Waals surface area (Å²) in [5.41, 5.74) is 7.54. The second kappa shape index (κ2) is 11.2. The fraction of sp³-hybridized carbons (Fsp3) is 0. The molecule has 0 spiro atoms. The van der Waals surface area contributed by atoms with E-state index in [-0.39, 0.29) is 0 Å². The van der Waals surface area contributed by atoms with Crippen LogP contribution < -0.4 is 0 Å². The smallest absolute Gasteiger partial charge is 0.165 e. The molecule has 242 valence electrons. The molecule has 11 aromatic rings. The molecule has 0 N–H and O–H groups in total. The summed E-state index contributed by atoms with van der Waals surface area (Å²) in [4.78, 5) is 20.8. The zero-order valence-corrected chi connectivity index (χ0v) is 27.6. The van der Waals surface area contributed by atoms with E-state index >= 15 is 0 Å². The van der Waals surface area contributed by atoms with Crippen molar-refractivity contribution in [2.75, 3.05) is 0 Å². The molecule has 0 bridgehead atoms. The first kappa shape index (κ1) is 28.6. The van der Waals surface area contributed by atoms with Gasteiger partial charge < -0.3 is 8.83 Å². The summed E-state index contributed by atoms with van der Waals surface area (Å²) in [5, 5.41) is 8.29. The predicted octanol–water partition coefficient (Wildman–Crippen LogP) is 12.0. The lowest BCUT2D eigenvalue weighted by Gasteiger charge is -2.15. The molecule has 0 unspecified atom stereocenters. The molecule has 0 amide bonds. The average Bonchev–Trinajstić information content (AvgIpc) is 3.77. The molecule has 0 aliphatic carbocycles. The van der Waals surface area contributed by atoms with Gasteiger partial charge in [-0.25, -0.2) is 15.0 Å². The monoisotopic (exact) mass is 666 g/mol. The first-order valence-corrected chi connectivity index (χ1v) is 17.2. The summed E-state index contributed by atoms with van der Waals surface area (Å²) in [6, 6.07) is 51.5. The molecule has 4 aromatic heterocycles. The van der Waals surface area contributed by atoms with Crippen LogP contribution in [0.15, 0.2) is 167 Å². The lowest BCUT2D eigenvalue weighted by Crippen LogP contribution is -2.02. The summed E-state index contributed by atoms with van der Waals surface area (Å²) in [6.07, 6.45) is 1.82. The van der Waals surface area contributed by atoms with Gasteiger partial charge in [-0.1, -0.05) is 121 Å². The molecular formula is C46H26N4O2. The van der Waals surface area contributed by atoms with E-state index < -0.39 is 0 Å². The molecule has 0 atom stereocenters. The summed E-state index contributed by atoms with van der Waals surface area (Å²) in [5.74, 6) is 1.69. The number of hydrogen-bond acceptors (Lipinski definition) is 6. The van der Waals surface area contributed by atoms with Crippen LogP contribution in [0, 0.1) is 0 Å². The minimum absolute atomic E-state index is 0.553. The highest BCUT2D eigenvalue weighted by Crippen LogP contribution is 2.43. The minimum atomic E-state index is 0.553. The van der Waals surface area contributed by atoms with Crippen LogP contribution in [0.2, 0.25) is 0 Å². The Bertz CT molecular complexity index is 3200. The third kappa shape index (κ3) is 4.38. The number of benzene rings is 7. The fourth-order valence-corrected chi connectivity index (χ4v) is 7.61.